The number of rotatable bonds is 3. The first-order valence-electron chi connectivity index (χ1n) is 7.16. The SMILES string of the molecule is O=C(NC1CCN(C2CC2)C1)c1ccccc1C(F)(F)F. The first kappa shape index (κ1) is 14.4. The molecule has 2 fully saturated rings. The van der Waals surface area contributed by atoms with Crippen LogP contribution in [0.3, 0.4) is 0 Å². The zero-order chi connectivity index (χ0) is 15.0. The summed E-state index contributed by atoms with van der Waals surface area (Å²) in [6.45, 7) is 1.65. The summed E-state index contributed by atoms with van der Waals surface area (Å²) in [4.78, 5) is 14.4. The maximum Gasteiger partial charge on any atom is 0.417 e. The van der Waals surface area contributed by atoms with E-state index in [-0.39, 0.29) is 11.6 Å². The number of nitrogens with zero attached hydrogens (tertiary/aromatic N) is 1. The van der Waals surface area contributed by atoms with Gasteiger partial charge in [-0.25, -0.2) is 0 Å². The fourth-order valence-electron chi connectivity index (χ4n) is 2.87. The van der Waals surface area contributed by atoms with E-state index in [9.17, 15) is 18.0 Å². The van der Waals surface area contributed by atoms with Crippen LogP contribution in [-0.2, 0) is 6.18 Å². The van der Waals surface area contributed by atoms with Gasteiger partial charge in [0.15, 0.2) is 0 Å². The molecule has 1 unspecified atom stereocenters. The second-order valence-corrected chi connectivity index (χ2v) is 5.73. The number of nitrogens with one attached hydrogen (secondary N) is 1. The van der Waals surface area contributed by atoms with Gasteiger partial charge in [0.05, 0.1) is 11.1 Å². The van der Waals surface area contributed by atoms with Crippen LogP contribution in [0.25, 0.3) is 0 Å². The highest BCUT2D eigenvalue weighted by molar-refractivity contribution is 5.96. The number of carbonyl (C=O) groups is 1. The molecule has 0 aromatic heterocycles. The maximum absolute atomic E-state index is 12.9. The molecule has 2 aliphatic rings. The summed E-state index contributed by atoms with van der Waals surface area (Å²) in [7, 11) is 0. The summed E-state index contributed by atoms with van der Waals surface area (Å²) < 4.78 is 38.7. The first-order valence-corrected chi connectivity index (χ1v) is 7.16. The third kappa shape index (κ3) is 3.20. The predicted octanol–water partition coefficient (Wildman–Crippen LogP) is 2.67. The van der Waals surface area contributed by atoms with E-state index in [1.54, 1.807) is 0 Å². The van der Waals surface area contributed by atoms with Crippen molar-refractivity contribution in [3.05, 3.63) is 35.4 Å². The van der Waals surface area contributed by atoms with Gasteiger partial charge in [0.1, 0.15) is 0 Å². The Kier molecular flexibility index (Phi) is 3.65. The third-order valence-electron chi connectivity index (χ3n) is 4.10. The summed E-state index contributed by atoms with van der Waals surface area (Å²) in [6, 6.07) is 5.49. The number of carbonyl (C=O) groups excluding carboxylic acids is 1. The van der Waals surface area contributed by atoms with Gasteiger partial charge in [0.2, 0.25) is 0 Å². The molecule has 3 rings (SSSR count). The van der Waals surface area contributed by atoms with E-state index in [0.29, 0.717) is 6.04 Å². The van der Waals surface area contributed by atoms with Gasteiger partial charge in [0, 0.05) is 25.2 Å². The Morgan fingerprint density at radius 2 is 1.90 bits per heavy atom. The van der Waals surface area contributed by atoms with Gasteiger partial charge in [0.25, 0.3) is 5.91 Å². The van der Waals surface area contributed by atoms with Gasteiger partial charge in [-0.05, 0) is 31.4 Å². The molecule has 1 heterocycles. The smallest absolute Gasteiger partial charge is 0.348 e. The van der Waals surface area contributed by atoms with Gasteiger partial charge in [-0.15, -0.1) is 0 Å². The number of likely N-dealkylation sites (tertiary alicyclic amines) is 1. The lowest BCUT2D eigenvalue weighted by atomic mass is 10.1. The largest absolute Gasteiger partial charge is 0.417 e. The lowest BCUT2D eigenvalue weighted by Gasteiger charge is -2.17. The summed E-state index contributed by atoms with van der Waals surface area (Å²) in [6.07, 6.45) is -1.32. The van der Waals surface area contributed by atoms with Gasteiger partial charge in [-0.1, -0.05) is 12.1 Å². The number of hydrogen-bond donors (Lipinski definition) is 1. The standard InChI is InChI=1S/C15H17F3N2O/c16-15(17,18)13-4-2-1-3-12(13)14(21)19-10-7-8-20(9-10)11-5-6-11/h1-4,10-11H,5-9H2,(H,19,21). The van der Waals surface area contributed by atoms with Gasteiger partial charge < -0.3 is 5.32 Å². The molecule has 0 radical (unpaired) electrons. The molecule has 1 aromatic carbocycles. The zero-order valence-corrected chi connectivity index (χ0v) is 11.5. The minimum absolute atomic E-state index is 0.0561. The molecule has 6 heteroatoms. The molecule has 3 nitrogen and oxygen atoms in total. The number of benzene rings is 1. The molecule has 1 atom stereocenters. The molecule has 0 bridgehead atoms. The van der Waals surface area contributed by atoms with Crippen molar-refractivity contribution in [3.63, 3.8) is 0 Å². The second kappa shape index (κ2) is 5.33. The summed E-state index contributed by atoms with van der Waals surface area (Å²) in [5.74, 6) is -0.634. The maximum atomic E-state index is 12.9. The molecular formula is C15H17F3N2O. The molecule has 1 N–H and O–H groups in total. The van der Waals surface area contributed by atoms with E-state index in [0.717, 1.165) is 25.6 Å². The Balaban J connectivity index is 1.68. The summed E-state index contributed by atoms with van der Waals surface area (Å²) in [5.41, 5.74) is -1.17. The molecular weight excluding hydrogens is 281 g/mol. The molecule has 1 aromatic rings. The molecule has 21 heavy (non-hydrogen) atoms. The first-order chi connectivity index (χ1) is 9.95. The fraction of sp³-hybridized carbons (Fsp3) is 0.533. The van der Waals surface area contributed by atoms with E-state index >= 15 is 0 Å². The normalized spacial score (nSPS) is 23.3. The van der Waals surface area contributed by atoms with E-state index in [2.05, 4.69) is 10.2 Å². The van der Waals surface area contributed by atoms with Crippen LogP contribution in [0.1, 0.15) is 35.2 Å². The lowest BCUT2D eigenvalue weighted by molar-refractivity contribution is -0.137. The van der Waals surface area contributed by atoms with Crippen molar-refractivity contribution in [3.8, 4) is 0 Å². The van der Waals surface area contributed by atoms with Crippen LogP contribution in [0.5, 0.6) is 0 Å². The van der Waals surface area contributed by atoms with Crippen molar-refractivity contribution in [2.24, 2.45) is 0 Å². The molecule has 1 aliphatic heterocycles. The molecule has 1 aliphatic carbocycles. The highest BCUT2D eigenvalue weighted by Crippen LogP contribution is 2.32. The van der Waals surface area contributed by atoms with Crippen LogP contribution in [0, 0.1) is 0 Å². The topological polar surface area (TPSA) is 32.3 Å². The van der Waals surface area contributed by atoms with Crippen LogP contribution in [0.15, 0.2) is 24.3 Å². The molecule has 1 saturated heterocycles. The predicted molar refractivity (Wildman–Crippen MR) is 71.9 cm³/mol. The average Bonchev–Trinajstić information content (AvgIpc) is 3.19. The van der Waals surface area contributed by atoms with Gasteiger partial charge in [-0.3, -0.25) is 9.69 Å². The minimum Gasteiger partial charge on any atom is -0.348 e. The number of alkyl halides is 3. The number of halogens is 3. The number of amides is 1. The van der Waals surface area contributed by atoms with Crippen molar-refractivity contribution in [2.45, 2.75) is 37.5 Å². The van der Waals surface area contributed by atoms with E-state index in [4.69, 9.17) is 0 Å². The zero-order valence-electron chi connectivity index (χ0n) is 11.5. The minimum atomic E-state index is -4.51. The Hall–Kier alpha value is -1.56. The van der Waals surface area contributed by atoms with Crippen LogP contribution < -0.4 is 5.32 Å². The molecule has 1 saturated carbocycles. The third-order valence-corrected chi connectivity index (χ3v) is 4.10. The quantitative estimate of drug-likeness (QED) is 0.930. The second-order valence-electron chi connectivity index (χ2n) is 5.73. The Bertz CT molecular complexity index is 540. The van der Waals surface area contributed by atoms with Crippen molar-refractivity contribution in [1.82, 2.24) is 10.2 Å². The van der Waals surface area contributed by atoms with Crippen LogP contribution in [-0.4, -0.2) is 36.0 Å². The average molecular weight is 298 g/mol. The van der Waals surface area contributed by atoms with E-state index in [1.807, 2.05) is 0 Å². The monoisotopic (exact) mass is 298 g/mol. The van der Waals surface area contributed by atoms with Crippen LogP contribution in [0.4, 0.5) is 13.2 Å². The lowest BCUT2D eigenvalue weighted by Crippen LogP contribution is -2.38. The Morgan fingerprint density at radius 3 is 2.57 bits per heavy atom. The molecule has 1 amide bonds. The van der Waals surface area contributed by atoms with Gasteiger partial charge in [-0.2, -0.15) is 13.2 Å². The fourth-order valence-corrected chi connectivity index (χ4v) is 2.87. The Morgan fingerprint density at radius 1 is 1.19 bits per heavy atom. The van der Waals surface area contributed by atoms with Crippen molar-refractivity contribution >= 4 is 5.91 Å². The number of hydrogen-bond acceptors (Lipinski definition) is 2. The van der Waals surface area contributed by atoms with Crippen molar-refractivity contribution in [1.29, 1.82) is 0 Å². The summed E-state index contributed by atoms with van der Waals surface area (Å²) in [5, 5.41) is 2.74. The molecule has 0 spiro atoms. The highest BCUT2D eigenvalue weighted by Gasteiger charge is 2.37. The van der Waals surface area contributed by atoms with Crippen molar-refractivity contribution in [2.75, 3.05) is 13.1 Å². The van der Waals surface area contributed by atoms with Crippen LogP contribution in [0.2, 0.25) is 0 Å². The van der Waals surface area contributed by atoms with Gasteiger partial charge >= 0.3 is 6.18 Å². The van der Waals surface area contributed by atoms with Crippen molar-refractivity contribution < 1.29 is 18.0 Å². The van der Waals surface area contributed by atoms with E-state index in [1.165, 1.54) is 31.0 Å². The van der Waals surface area contributed by atoms with E-state index < -0.39 is 17.6 Å². The Labute approximate surface area is 121 Å². The molecule has 114 valence electrons. The highest BCUT2D eigenvalue weighted by atomic mass is 19.4. The van der Waals surface area contributed by atoms with Crippen LogP contribution >= 0.6 is 0 Å². The summed E-state index contributed by atoms with van der Waals surface area (Å²) >= 11 is 0.